The number of aromatic nitrogens is 2. The van der Waals surface area contributed by atoms with E-state index in [-0.39, 0.29) is 12.5 Å². The maximum atomic E-state index is 10.9. The summed E-state index contributed by atoms with van der Waals surface area (Å²) in [5.41, 5.74) is 0. The van der Waals surface area contributed by atoms with Crippen molar-refractivity contribution in [2.24, 2.45) is 0 Å². The normalized spacial score (nSPS) is 9.62. The molecule has 0 bridgehead atoms. The van der Waals surface area contributed by atoms with Gasteiger partial charge in [0.15, 0.2) is 0 Å². The molecule has 0 unspecified atom stereocenters. The lowest BCUT2D eigenvalue weighted by molar-refractivity contribution is -0.124. The minimum atomic E-state index is -0.171. The SMILES string of the molecule is COCC(=O)NCc1ncccn1. The maximum absolute atomic E-state index is 10.9. The molecule has 1 amide bonds. The van der Waals surface area contributed by atoms with Crippen LogP contribution < -0.4 is 5.32 Å². The van der Waals surface area contributed by atoms with Crippen LogP contribution in [-0.4, -0.2) is 29.6 Å². The molecule has 5 heteroatoms. The van der Waals surface area contributed by atoms with E-state index in [4.69, 9.17) is 0 Å². The Morgan fingerprint density at radius 2 is 2.23 bits per heavy atom. The molecule has 0 aliphatic heterocycles. The zero-order chi connectivity index (χ0) is 9.52. The third-order valence-electron chi connectivity index (χ3n) is 1.34. The van der Waals surface area contributed by atoms with Crippen molar-refractivity contribution >= 4 is 5.91 Å². The highest BCUT2D eigenvalue weighted by molar-refractivity contribution is 5.76. The van der Waals surface area contributed by atoms with Crippen LogP contribution in [0.25, 0.3) is 0 Å². The molecule has 1 heterocycles. The first-order chi connectivity index (χ1) is 6.33. The second kappa shape index (κ2) is 5.21. The molecule has 0 radical (unpaired) electrons. The summed E-state index contributed by atoms with van der Waals surface area (Å²) in [5, 5.41) is 2.61. The Labute approximate surface area is 76.2 Å². The molecule has 1 N–H and O–H groups in total. The fourth-order valence-electron chi connectivity index (χ4n) is 0.781. The number of hydrogen-bond acceptors (Lipinski definition) is 4. The highest BCUT2D eigenvalue weighted by Gasteiger charge is 2.00. The van der Waals surface area contributed by atoms with Gasteiger partial charge in [-0.05, 0) is 6.07 Å². The van der Waals surface area contributed by atoms with E-state index in [1.165, 1.54) is 7.11 Å². The predicted octanol–water partition coefficient (Wildman–Crippen LogP) is -0.261. The van der Waals surface area contributed by atoms with Gasteiger partial charge in [0.25, 0.3) is 0 Å². The van der Waals surface area contributed by atoms with Gasteiger partial charge in [-0.15, -0.1) is 0 Å². The van der Waals surface area contributed by atoms with Crippen molar-refractivity contribution in [2.75, 3.05) is 13.7 Å². The predicted molar refractivity (Wildman–Crippen MR) is 45.8 cm³/mol. The number of nitrogens with one attached hydrogen (secondary N) is 1. The number of hydrogen-bond donors (Lipinski definition) is 1. The van der Waals surface area contributed by atoms with E-state index in [0.29, 0.717) is 12.4 Å². The zero-order valence-electron chi connectivity index (χ0n) is 7.36. The fourth-order valence-corrected chi connectivity index (χ4v) is 0.781. The lowest BCUT2D eigenvalue weighted by Crippen LogP contribution is -2.27. The maximum Gasteiger partial charge on any atom is 0.246 e. The van der Waals surface area contributed by atoms with Crippen molar-refractivity contribution in [1.29, 1.82) is 0 Å². The van der Waals surface area contributed by atoms with Crippen LogP contribution >= 0.6 is 0 Å². The average molecular weight is 181 g/mol. The van der Waals surface area contributed by atoms with Gasteiger partial charge < -0.3 is 10.1 Å². The lowest BCUT2D eigenvalue weighted by atomic mass is 10.5. The third-order valence-corrected chi connectivity index (χ3v) is 1.34. The molecule has 0 atom stereocenters. The van der Waals surface area contributed by atoms with E-state index >= 15 is 0 Å². The highest BCUT2D eigenvalue weighted by Crippen LogP contribution is 1.85. The van der Waals surface area contributed by atoms with Crippen LogP contribution in [0.5, 0.6) is 0 Å². The summed E-state index contributed by atoms with van der Waals surface area (Å²) in [6.07, 6.45) is 3.26. The molecule has 0 aliphatic rings. The Balaban J connectivity index is 2.31. The number of nitrogens with zero attached hydrogens (tertiary/aromatic N) is 2. The quantitative estimate of drug-likeness (QED) is 0.695. The van der Waals surface area contributed by atoms with Crippen molar-refractivity contribution < 1.29 is 9.53 Å². The van der Waals surface area contributed by atoms with Crippen LogP contribution in [0.3, 0.4) is 0 Å². The second-order valence-electron chi connectivity index (χ2n) is 2.37. The summed E-state index contributed by atoms with van der Waals surface area (Å²) in [7, 11) is 1.47. The summed E-state index contributed by atoms with van der Waals surface area (Å²) in [6.45, 7) is 0.399. The second-order valence-corrected chi connectivity index (χ2v) is 2.37. The number of carbonyl (C=O) groups is 1. The molecule has 1 aromatic rings. The van der Waals surface area contributed by atoms with Gasteiger partial charge in [-0.1, -0.05) is 0 Å². The molecule has 1 rings (SSSR count). The topological polar surface area (TPSA) is 64.1 Å². The van der Waals surface area contributed by atoms with E-state index in [0.717, 1.165) is 0 Å². The first-order valence-corrected chi connectivity index (χ1v) is 3.84. The Kier molecular flexibility index (Phi) is 3.84. The molecular formula is C8H11N3O2. The van der Waals surface area contributed by atoms with Gasteiger partial charge in [0.1, 0.15) is 12.4 Å². The van der Waals surface area contributed by atoms with Crippen molar-refractivity contribution in [1.82, 2.24) is 15.3 Å². The van der Waals surface area contributed by atoms with Gasteiger partial charge in [-0.3, -0.25) is 4.79 Å². The number of rotatable bonds is 4. The Morgan fingerprint density at radius 1 is 1.54 bits per heavy atom. The van der Waals surface area contributed by atoms with Crippen LogP contribution in [-0.2, 0) is 16.1 Å². The van der Waals surface area contributed by atoms with E-state index in [9.17, 15) is 4.79 Å². The summed E-state index contributed by atoms with van der Waals surface area (Å²) in [4.78, 5) is 18.8. The van der Waals surface area contributed by atoms with Gasteiger partial charge in [0.05, 0.1) is 6.54 Å². The first-order valence-electron chi connectivity index (χ1n) is 3.84. The van der Waals surface area contributed by atoms with Crippen molar-refractivity contribution in [3.8, 4) is 0 Å². The number of ether oxygens (including phenoxy) is 1. The van der Waals surface area contributed by atoms with Crippen LogP contribution in [0.1, 0.15) is 5.82 Å². The molecule has 0 saturated carbocycles. The Bertz CT molecular complexity index is 263. The van der Waals surface area contributed by atoms with Crippen LogP contribution in [0.4, 0.5) is 0 Å². The summed E-state index contributed by atoms with van der Waals surface area (Å²) >= 11 is 0. The molecule has 13 heavy (non-hydrogen) atoms. The van der Waals surface area contributed by atoms with E-state index in [1.807, 2.05) is 0 Å². The van der Waals surface area contributed by atoms with Gasteiger partial charge in [-0.25, -0.2) is 9.97 Å². The minimum absolute atomic E-state index is 0.0623. The fraction of sp³-hybridized carbons (Fsp3) is 0.375. The highest BCUT2D eigenvalue weighted by atomic mass is 16.5. The lowest BCUT2D eigenvalue weighted by Gasteiger charge is -2.01. The van der Waals surface area contributed by atoms with E-state index < -0.39 is 0 Å². The molecule has 0 aliphatic carbocycles. The minimum Gasteiger partial charge on any atom is -0.375 e. The van der Waals surface area contributed by atoms with Crippen molar-refractivity contribution in [2.45, 2.75) is 6.54 Å². The summed E-state index contributed by atoms with van der Waals surface area (Å²) < 4.78 is 4.64. The van der Waals surface area contributed by atoms with Crippen LogP contribution in [0.2, 0.25) is 0 Å². The Hall–Kier alpha value is -1.49. The molecule has 70 valence electrons. The monoisotopic (exact) mass is 181 g/mol. The molecule has 5 nitrogen and oxygen atoms in total. The molecular weight excluding hydrogens is 170 g/mol. The number of methoxy groups -OCH3 is 1. The summed E-state index contributed by atoms with van der Waals surface area (Å²) in [5.74, 6) is 0.418. The van der Waals surface area contributed by atoms with Gasteiger partial charge in [-0.2, -0.15) is 0 Å². The number of amides is 1. The zero-order valence-corrected chi connectivity index (χ0v) is 7.36. The van der Waals surface area contributed by atoms with E-state index in [1.54, 1.807) is 18.5 Å². The van der Waals surface area contributed by atoms with Crippen molar-refractivity contribution in [3.05, 3.63) is 24.3 Å². The van der Waals surface area contributed by atoms with Gasteiger partial charge >= 0.3 is 0 Å². The standard InChI is InChI=1S/C8H11N3O2/c1-13-6-8(12)11-5-7-9-3-2-4-10-7/h2-4H,5-6H2,1H3,(H,11,12). The molecule has 0 saturated heterocycles. The third kappa shape index (κ3) is 3.62. The summed E-state index contributed by atoms with van der Waals surface area (Å²) in [6, 6.07) is 1.72. The molecule has 0 fully saturated rings. The Morgan fingerprint density at radius 3 is 2.85 bits per heavy atom. The van der Waals surface area contributed by atoms with Crippen LogP contribution in [0, 0.1) is 0 Å². The smallest absolute Gasteiger partial charge is 0.246 e. The van der Waals surface area contributed by atoms with Gasteiger partial charge in [0.2, 0.25) is 5.91 Å². The van der Waals surface area contributed by atoms with E-state index in [2.05, 4.69) is 20.0 Å². The van der Waals surface area contributed by atoms with Crippen molar-refractivity contribution in [3.63, 3.8) is 0 Å². The molecule has 1 aromatic heterocycles. The van der Waals surface area contributed by atoms with Crippen LogP contribution in [0.15, 0.2) is 18.5 Å². The number of carbonyl (C=O) groups excluding carboxylic acids is 1. The largest absolute Gasteiger partial charge is 0.375 e. The molecule has 0 aromatic carbocycles. The van der Waals surface area contributed by atoms with Gasteiger partial charge in [0, 0.05) is 19.5 Å². The average Bonchev–Trinajstić information content (AvgIpc) is 2.17. The first kappa shape index (κ1) is 9.60. The molecule has 0 spiro atoms.